The molecule has 1 nitrogen and oxygen atoms in total. The minimum absolute atomic E-state index is 0.0333. The van der Waals surface area contributed by atoms with Crippen LogP contribution < -0.4 is 4.74 Å². The Bertz CT molecular complexity index is 606. The van der Waals surface area contributed by atoms with E-state index in [0.29, 0.717) is 28.7 Å². The average Bonchev–Trinajstić information content (AvgIpc) is 2.41. The first-order valence-electron chi connectivity index (χ1n) is 6.81. The zero-order valence-corrected chi connectivity index (χ0v) is 12.8. The number of halogens is 3. The van der Waals surface area contributed by atoms with E-state index in [-0.39, 0.29) is 18.0 Å². The molecule has 0 amide bonds. The van der Waals surface area contributed by atoms with E-state index in [2.05, 4.69) is 0 Å². The van der Waals surface area contributed by atoms with Gasteiger partial charge in [0.1, 0.15) is 24.0 Å². The summed E-state index contributed by atoms with van der Waals surface area (Å²) in [6.45, 7) is 4.03. The van der Waals surface area contributed by atoms with Gasteiger partial charge in [-0.15, -0.1) is 0 Å². The molecule has 0 spiro atoms. The standard InChI is InChI=1S/C17H17ClF2O/c1-11(2)8-12-6-7-13(9-17(12)20)21-10-14-15(18)4-3-5-16(14)19/h3-7,9,11H,8,10H2,1-2H3. The van der Waals surface area contributed by atoms with E-state index in [1.807, 2.05) is 13.8 Å². The fourth-order valence-electron chi connectivity index (χ4n) is 2.05. The largest absolute Gasteiger partial charge is 0.489 e. The number of benzene rings is 2. The molecule has 0 heterocycles. The molecule has 0 saturated heterocycles. The lowest BCUT2D eigenvalue weighted by atomic mass is 10.0. The highest BCUT2D eigenvalue weighted by molar-refractivity contribution is 6.31. The van der Waals surface area contributed by atoms with Gasteiger partial charge in [-0.25, -0.2) is 8.78 Å². The van der Waals surface area contributed by atoms with E-state index in [9.17, 15) is 8.78 Å². The molecule has 112 valence electrons. The van der Waals surface area contributed by atoms with E-state index in [0.717, 1.165) is 0 Å². The molecule has 21 heavy (non-hydrogen) atoms. The van der Waals surface area contributed by atoms with Crippen LogP contribution in [0.5, 0.6) is 5.75 Å². The molecule has 0 aliphatic rings. The van der Waals surface area contributed by atoms with Crippen LogP contribution in [-0.4, -0.2) is 0 Å². The summed E-state index contributed by atoms with van der Waals surface area (Å²) in [5.41, 5.74) is 0.923. The number of hydrogen-bond donors (Lipinski definition) is 0. The molecule has 0 aliphatic heterocycles. The van der Waals surface area contributed by atoms with Crippen molar-refractivity contribution in [2.24, 2.45) is 5.92 Å². The van der Waals surface area contributed by atoms with Crippen molar-refractivity contribution in [3.8, 4) is 5.75 Å². The van der Waals surface area contributed by atoms with Gasteiger partial charge in [0.15, 0.2) is 0 Å². The molecule has 0 saturated carbocycles. The molecule has 2 aromatic rings. The van der Waals surface area contributed by atoms with E-state index >= 15 is 0 Å². The third-order valence-electron chi connectivity index (χ3n) is 3.10. The summed E-state index contributed by atoms with van der Waals surface area (Å²) in [5, 5.41) is 0.298. The van der Waals surface area contributed by atoms with Crippen molar-refractivity contribution in [2.45, 2.75) is 26.9 Å². The maximum Gasteiger partial charge on any atom is 0.131 e. The minimum Gasteiger partial charge on any atom is -0.489 e. The Morgan fingerprint density at radius 3 is 2.48 bits per heavy atom. The van der Waals surface area contributed by atoms with Gasteiger partial charge in [0.25, 0.3) is 0 Å². The molecule has 0 atom stereocenters. The van der Waals surface area contributed by atoms with Gasteiger partial charge in [-0.2, -0.15) is 0 Å². The molecular weight excluding hydrogens is 294 g/mol. The maximum absolute atomic E-state index is 13.9. The third kappa shape index (κ3) is 4.18. The second-order valence-electron chi connectivity index (χ2n) is 5.34. The maximum atomic E-state index is 13.9. The average molecular weight is 311 g/mol. The second-order valence-corrected chi connectivity index (χ2v) is 5.75. The smallest absolute Gasteiger partial charge is 0.131 e. The van der Waals surface area contributed by atoms with Crippen LogP contribution in [0.2, 0.25) is 5.02 Å². The van der Waals surface area contributed by atoms with Gasteiger partial charge >= 0.3 is 0 Å². The SMILES string of the molecule is CC(C)Cc1ccc(OCc2c(F)cccc2Cl)cc1F. The summed E-state index contributed by atoms with van der Waals surface area (Å²) >= 11 is 5.92. The van der Waals surface area contributed by atoms with Crippen LogP contribution >= 0.6 is 11.6 Å². The molecule has 2 aromatic carbocycles. The number of hydrogen-bond acceptors (Lipinski definition) is 1. The Kier molecular flexibility index (Phi) is 5.18. The first-order chi connectivity index (χ1) is 9.97. The topological polar surface area (TPSA) is 9.23 Å². The van der Waals surface area contributed by atoms with Crippen molar-refractivity contribution in [3.63, 3.8) is 0 Å². The molecule has 0 unspecified atom stereocenters. The molecular formula is C17H17ClF2O. The fraction of sp³-hybridized carbons (Fsp3) is 0.294. The first kappa shape index (κ1) is 15.8. The summed E-state index contributed by atoms with van der Waals surface area (Å²) < 4.78 is 32.9. The molecule has 0 aromatic heterocycles. The second kappa shape index (κ2) is 6.90. The summed E-state index contributed by atoms with van der Waals surface area (Å²) in [4.78, 5) is 0. The van der Waals surface area contributed by atoms with Crippen LogP contribution in [0.25, 0.3) is 0 Å². The van der Waals surface area contributed by atoms with E-state index in [1.165, 1.54) is 18.2 Å². The highest BCUT2D eigenvalue weighted by Crippen LogP contribution is 2.23. The van der Waals surface area contributed by atoms with Crippen LogP contribution in [0, 0.1) is 17.6 Å². The summed E-state index contributed by atoms with van der Waals surface area (Å²) in [6.07, 6.45) is 0.672. The van der Waals surface area contributed by atoms with E-state index in [1.54, 1.807) is 18.2 Å². The lowest BCUT2D eigenvalue weighted by molar-refractivity contribution is 0.298. The van der Waals surface area contributed by atoms with Gasteiger partial charge < -0.3 is 4.74 Å². The fourth-order valence-corrected chi connectivity index (χ4v) is 2.27. The molecule has 4 heteroatoms. The summed E-state index contributed by atoms with van der Waals surface area (Å²) in [7, 11) is 0. The highest BCUT2D eigenvalue weighted by atomic mass is 35.5. The van der Waals surface area contributed by atoms with Gasteiger partial charge in [0.2, 0.25) is 0 Å². The quantitative estimate of drug-likeness (QED) is 0.719. The van der Waals surface area contributed by atoms with E-state index in [4.69, 9.17) is 16.3 Å². The zero-order chi connectivity index (χ0) is 15.4. The van der Waals surface area contributed by atoms with Gasteiger partial charge in [0, 0.05) is 11.6 Å². The van der Waals surface area contributed by atoms with Crippen molar-refractivity contribution in [3.05, 3.63) is 64.2 Å². The Hall–Kier alpha value is -1.61. The van der Waals surface area contributed by atoms with E-state index < -0.39 is 5.82 Å². The van der Waals surface area contributed by atoms with Gasteiger partial charge in [0.05, 0.1) is 5.02 Å². The van der Waals surface area contributed by atoms with Crippen molar-refractivity contribution in [2.75, 3.05) is 0 Å². The Labute approximate surface area is 128 Å². The summed E-state index contributed by atoms with van der Waals surface area (Å²) in [6, 6.07) is 9.16. The Morgan fingerprint density at radius 1 is 1.10 bits per heavy atom. The van der Waals surface area contributed by atoms with Crippen LogP contribution in [0.1, 0.15) is 25.0 Å². The molecule has 0 radical (unpaired) electrons. The molecule has 0 bridgehead atoms. The van der Waals surface area contributed by atoms with Crippen LogP contribution in [0.15, 0.2) is 36.4 Å². The zero-order valence-electron chi connectivity index (χ0n) is 12.0. The monoisotopic (exact) mass is 310 g/mol. The molecule has 0 aliphatic carbocycles. The first-order valence-corrected chi connectivity index (χ1v) is 7.19. The molecule has 0 fully saturated rings. The summed E-state index contributed by atoms with van der Waals surface area (Å²) in [5.74, 6) is 0.00282. The van der Waals surface area contributed by atoms with Crippen molar-refractivity contribution >= 4 is 11.6 Å². The Morgan fingerprint density at radius 2 is 1.86 bits per heavy atom. The van der Waals surface area contributed by atoms with Crippen molar-refractivity contribution in [1.29, 1.82) is 0 Å². The predicted octanol–water partition coefficient (Wildman–Crippen LogP) is 5.40. The minimum atomic E-state index is -0.431. The van der Waals surface area contributed by atoms with Gasteiger partial charge in [-0.1, -0.05) is 37.6 Å². The molecule has 0 N–H and O–H groups in total. The van der Waals surface area contributed by atoms with Crippen LogP contribution in [-0.2, 0) is 13.0 Å². The van der Waals surface area contributed by atoms with Crippen LogP contribution in [0.4, 0.5) is 8.78 Å². The predicted molar refractivity (Wildman–Crippen MR) is 80.7 cm³/mol. The van der Waals surface area contributed by atoms with Crippen molar-refractivity contribution < 1.29 is 13.5 Å². The number of rotatable bonds is 5. The highest BCUT2D eigenvalue weighted by Gasteiger charge is 2.10. The lowest BCUT2D eigenvalue weighted by Crippen LogP contribution is -2.01. The van der Waals surface area contributed by atoms with Gasteiger partial charge in [-0.05, 0) is 36.1 Å². The molecule has 2 rings (SSSR count). The van der Waals surface area contributed by atoms with Crippen molar-refractivity contribution in [1.82, 2.24) is 0 Å². The Balaban J connectivity index is 2.09. The third-order valence-corrected chi connectivity index (χ3v) is 3.45. The lowest BCUT2D eigenvalue weighted by Gasteiger charge is -2.11. The normalized spacial score (nSPS) is 11.0. The number of ether oxygens (including phenoxy) is 1. The van der Waals surface area contributed by atoms with Gasteiger partial charge in [-0.3, -0.25) is 0 Å². The van der Waals surface area contributed by atoms with Crippen LogP contribution in [0.3, 0.4) is 0 Å².